The van der Waals surface area contributed by atoms with Gasteiger partial charge in [0.1, 0.15) is 18.1 Å². The summed E-state index contributed by atoms with van der Waals surface area (Å²) in [5, 5.41) is 1.86. The van der Waals surface area contributed by atoms with Crippen LogP contribution in [0.2, 0.25) is 0 Å². The van der Waals surface area contributed by atoms with Crippen molar-refractivity contribution in [3.8, 4) is 11.5 Å². The summed E-state index contributed by atoms with van der Waals surface area (Å²) in [6.45, 7) is 3.20. The fourth-order valence-corrected chi connectivity index (χ4v) is 4.84. The van der Waals surface area contributed by atoms with Gasteiger partial charge < -0.3 is 23.8 Å². The Labute approximate surface area is 145 Å². The molecule has 4 heterocycles. The number of carbonyl (C=O) groups excluding carboxylic acids is 1. The SMILES string of the molecule is CO[C@H]1CCCOC12CCN(C(=O)c1scc3c1OCCO3)CC2. The minimum atomic E-state index is -0.224. The number of ether oxygens (including phenoxy) is 4. The van der Waals surface area contributed by atoms with Gasteiger partial charge in [-0.05, 0) is 25.7 Å². The second-order valence-electron chi connectivity index (χ2n) is 6.53. The Balaban J connectivity index is 1.46. The third-order valence-corrected chi connectivity index (χ3v) is 6.19. The molecule has 7 heteroatoms. The molecule has 3 aliphatic rings. The van der Waals surface area contributed by atoms with Crippen molar-refractivity contribution < 1.29 is 23.7 Å². The topological polar surface area (TPSA) is 57.2 Å². The van der Waals surface area contributed by atoms with Gasteiger partial charge in [-0.1, -0.05) is 0 Å². The molecule has 1 amide bonds. The van der Waals surface area contributed by atoms with Gasteiger partial charge in [0.2, 0.25) is 0 Å². The molecular formula is C17H23NO5S. The van der Waals surface area contributed by atoms with Crippen LogP contribution in [-0.4, -0.2) is 62.5 Å². The van der Waals surface area contributed by atoms with Crippen LogP contribution in [0.3, 0.4) is 0 Å². The second-order valence-corrected chi connectivity index (χ2v) is 7.41. The molecule has 1 aromatic heterocycles. The zero-order chi connectivity index (χ0) is 16.6. The number of likely N-dealkylation sites (tertiary alicyclic amines) is 1. The van der Waals surface area contributed by atoms with Crippen molar-refractivity contribution in [2.24, 2.45) is 0 Å². The number of hydrogen-bond acceptors (Lipinski definition) is 6. The molecule has 0 radical (unpaired) electrons. The molecule has 24 heavy (non-hydrogen) atoms. The molecule has 0 saturated carbocycles. The molecule has 1 aromatic rings. The fourth-order valence-electron chi connectivity index (χ4n) is 3.94. The number of amides is 1. The number of carbonyl (C=O) groups is 1. The molecule has 2 fully saturated rings. The molecule has 2 saturated heterocycles. The lowest BCUT2D eigenvalue weighted by atomic mass is 9.82. The van der Waals surface area contributed by atoms with Crippen LogP contribution in [0.25, 0.3) is 0 Å². The van der Waals surface area contributed by atoms with E-state index in [1.807, 2.05) is 10.3 Å². The van der Waals surface area contributed by atoms with E-state index in [4.69, 9.17) is 18.9 Å². The highest BCUT2D eigenvalue weighted by atomic mass is 32.1. The molecular weight excluding hydrogens is 330 g/mol. The maximum absolute atomic E-state index is 12.9. The van der Waals surface area contributed by atoms with Crippen molar-refractivity contribution in [2.75, 3.05) is 40.0 Å². The van der Waals surface area contributed by atoms with Gasteiger partial charge in [0.05, 0.1) is 11.7 Å². The number of rotatable bonds is 2. The van der Waals surface area contributed by atoms with E-state index in [1.165, 1.54) is 11.3 Å². The van der Waals surface area contributed by atoms with Gasteiger partial charge in [-0.3, -0.25) is 4.79 Å². The molecule has 0 unspecified atom stereocenters. The summed E-state index contributed by atoms with van der Waals surface area (Å²) in [6, 6.07) is 0. The standard InChI is InChI=1S/C17H23NO5S/c1-20-13-3-2-8-23-17(13)4-6-18(7-5-17)16(19)15-14-12(11-24-15)21-9-10-22-14/h11,13H,2-10H2,1H3/t13-/m0/s1. The van der Waals surface area contributed by atoms with Crippen molar-refractivity contribution in [1.82, 2.24) is 4.90 Å². The Morgan fingerprint density at radius 1 is 1.29 bits per heavy atom. The van der Waals surface area contributed by atoms with Crippen LogP contribution in [-0.2, 0) is 9.47 Å². The monoisotopic (exact) mass is 353 g/mol. The van der Waals surface area contributed by atoms with Gasteiger partial charge >= 0.3 is 0 Å². The number of nitrogens with zero attached hydrogens (tertiary/aromatic N) is 1. The van der Waals surface area contributed by atoms with E-state index < -0.39 is 0 Å². The van der Waals surface area contributed by atoms with E-state index in [-0.39, 0.29) is 17.6 Å². The largest absolute Gasteiger partial charge is 0.485 e. The van der Waals surface area contributed by atoms with Crippen LogP contribution < -0.4 is 9.47 Å². The van der Waals surface area contributed by atoms with Crippen molar-refractivity contribution in [1.29, 1.82) is 0 Å². The quantitative estimate of drug-likeness (QED) is 0.817. The first-order valence-corrected chi connectivity index (χ1v) is 9.44. The van der Waals surface area contributed by atoms with Gasteiger partial charge in [-0.15, -0.1) is 11.3 Å². The third kappa shape index (κ3) is 2.68. The van der Waals surface area contributed by atoms with Crippen LogP contribution in [0.4, 0.5) is 0 Å². The van der Waals surface area contributed by atoms with Gasteiger partial charge in [-0.25, -0.2) is 0 Å². The molecule has 132 valence electrons. The van der Waals surface area contributed by atoms with Crippen LogP contribution in [0.5, 0.6) is 11.5 Å². The van der Waals surface area contributed by atoms with E-state index in [2.05, 4.69) is 0 Å². The molecule has 1 atom stereocenters. The summed E-state index contributed by atoms with van der Waals surface area (Å²) in [4.78, 5) is 15.4. The molecule has 0 aliphatic carbocycles. The lowest BCUT2D eigenvalue weighted by Gasteiger charge is -2.47. The number of methoxy groups -OCH3 is 1. The second kappa shape index (κ2) is 6.54. The first-order chi connectivity index (χ1) is 11.7. The molecule has 6 nitrogen and oxygen atoms in total. The summed E-state index contributed by atoms with van der Waals surface area (Å²) in [7, 11) is 1.76. The minimum absolute atomic E-state index is 0.0337. The van der Waals surface area contributed by atoms with Gasteiger partial charge in [0.15, 0.2) is 11.5 Å². The highest BCUT2D eigenvalue weighted by Crippen LogP contribution is 2.41. The van der Waals surface area contributed by atoms with Gasteiger partial charge in [0.25, 0.3) is 5.91 Å². The Bertz CT molecular complexity index is 608. The zero-order valence-corrected chi connectivity index (χ0v) is 14.7. The Kier molecular flexibility index (Phi) is 4.40. The van der Waals surface area contributed by atoms with E-state index in [9.17, 15) is 4.79 Å². The number of thiophene rings is 1. The molecule has 3 aliphatic heterocycles. The first-order valence-electron chi connectivity index (χ1n) is 8.57. The summed E-state index contributed by atoms with van der Waals surface area (Å²) in [6.07, 6.45) is 3.86. The van der Waals surface area contributed by atoms with Crippen LogP contribution >= 0.6 is 11.3 Å². The fraction of sp³-hybridized carbons (Fsp3) is 0.706. The normalized spacial score (nSPS) is 25.7. The van der Waals surface area contributed by atoms with E-state index in [0.717, 1.165) is 32.3 Å². The summed E-state index contributed by atoms with van der Waals surface area (Å²) < 4.78 is 23.0. The third-order valence-electron chi connectivity index (χ3n) is 5.26. The minimum Gasteiger partial charge on any atom is -0.485 e. The number of hydrogen-bond donors (Lipinski definition) is 0. The predicted molar refractivity (Wildman–Crippen MR) is 89.2 cm³/mol. The maximum atomic E-state index is 12.9. The number of fused-ring (bicyclic) bond motifs is 1. The highest BCUT2D eigenvalue weighted by Gasteiger charge is 2.45. The Morgan fingerprint density at radius 3 is 2.88 bits per heavy atom. The summed E-state index contributed by atoms with van der Waals surface area (Å²) >= 11 is 1.40. The van der Waals surface area contributed by atoms with Crippen molar-refractivity contribution in [3.63, 3.8) is 0 Å². The van der Waals surface area contributed by atoms with Crippen LogP contribution in [0.1, 0.15) is 35.4 Å². The Morgan fingerprint density at radius 2 is 2.08 bits per heavy atom. The zero-order valence-electron chi connectivity index (χ0n) is 13.9. The number of piperidine rings is 1. The average Bonchev–Trinajstić information content (AvgIpc) is 3.06. The smallest absolute Gasteiger partial charge is 0.267 e. The molecule has 0 aromatic carbocycles. The van der Waals surface area contributed by atoms with Crippen LogP contribution in [0.15, 0.2) is 5.38 Å². The molecule has 0 N–H and O–H groups in total. The van der Waals surface area contributed by atoms with Crippen LogP contribution in [0, 0.1) is 0 Å². The van der Waals surface area contributed by atoms with E-state index >= 15 is 0 Å². The maximum Gasteiger partial charge on any atom is 0.267 e. The van der Waals surface area contributed by atoms with Crippen molar-refractivity contribution in [2.45, 2.75) is 37.4 Å². The Hall–Kier alpha value is -1.31. The van der Waals surface area contributed by atoms with E-state index in [0.29, 0.717) is 42.7 Å². The average molecular weight is 353 g/mol. The predicted octanol–water partition coefficient (Wildman–Crippen LogP) is 2.32. The van der Waals surface area contributed by atoms with Gasteiger partial charge in [0, 0.05) is 32.2 Å². The van der Waals surface area contributed by atoms with Crippen molar-refractivity contribution >= 4 is 17.2 Å². The highest BCUT2D eigenvalue weighted by molar-refractivity contribution is 7.12. The molecule has 4 rings (SSSR count). The summed E-state index contributed by atoms with van der Waals surface area (Å²) in [5.74, 6) is 1.34. The molecule has 1 spiro atoms. The van der Waals surface area contributed by atoms with Crippen molar-refractivity contribution in [3.05, 3.63) is 10.3 Å². The lowest BCUT2D eigenvalue weighted by Crippen LogP contribution is -2.56. The lowest BCUT2D eigenvalue weighted by molar-refractivity contribution is -0.183. The molecule has 0 bridgehead atoms. The van der Waals surface area contributed by atoms with E-state index in [1.54, 1.807) is 7.11 Å². The van der Waals surface area contributed by atoms with Gasteiger partial charge in [-0.2, -0.15) is 0 Å². The summed E-state index contributed by atoms with van der Waals surface area (Å²) in [5.41, 5.74) is -0.224. The first kappa shape index (κ1) is 16.2.